The molecular weight excluding hydrogens is 436 g/mol. The maximum atomic E-state index is 12.2. The minimum atomic E-state index is -1.12. The lowest BCUT2D eigenvalue weighted by atomic mass is 10.0. The van der Waals surface area contributed by atoms with Gasteiger partial charge in [0.25, 0.3) is 0 Å². The number of aliphatic hydroxyl groups excluding tert-OH is 4. The van der Waals surface area contributed by atoms with Crippen LogP contribution in [-0.2, 0) is 6.54 Å². The third kappa shape index (κ3) is 4.60. The zero-order valence-electron chi connectivity index (χ0n) is 17.5. The lowest BCUT2D eigenvalue weighted by Gasteiger charge is -2.40. The molecule has 0 aromatic heterocycles. The summed E-state index contributed by atoms with van der Waals surface area (Å²) in [4.78, 5) is 13.7. The minimum absolute atomic E-state index is 0.217. The quantitative estimate of drug-likeness (QED) is 0.367. The number of aliphatic hydroxyl groups is 4. The van der Waals surface area contributed by atoms with Gasteiger partial charge in [0.15, 0.2) is 0 Å². The molecule has 2 amide bonds. The number of piperidine rings is 1. The van der Waals surface area contributed by atoms with Crippen LogP contribution < -0.4 is 16.0 Å². The second-order valence-electron chi connectivity index (χ2n) is 8.20. The Hall–Kier alpha value is -2.24. The second kappa shape index (κ2) is 9.32. The molecule has 4 rings (SSSR count). The van der Waals surface area contributed by atoms with E-state index in [1.165, 1.54) is 4.90 Å². The number of rotatable bonds is 4. The van der Waals surface area contributed by atoms with Crippen molar-refractivity contribution in [3.63, 3.8) is 0 Å². The summed E-state index contributed by atoms with van der Waals surface area (Å²) in [6, 6.07) is 9.46. The van der Waals surface area contributed by atoms with Crippen LogP contribution in [0.4, 0.5) is 10.5 Å². The monoisotopic (exact) mass is 462 g/mol. The first-order chi connectivity index (χ1) is 15.2. The normalized spacial score (nSPS) is 27.8. The molecule has 0 radical (unpaired) electrons. The number of aryl methyl sites for hydroxylation is 1. The average Bonchev–Trinajstić information content (AvgIpc) is 2.99. The molecule has 1 fully saturated rings. The number of urea groups is 1. The van der Waals surface area contributed by atoms with E-state index >= 15 is 0 Å². The van der Waals surface area contributed by atoms with Crippen LogP contribution in [0.5, 0.6) is 0 Å². The van der Waals surface area contributed by atoms with Crippen molar-refractivity contribution in [2.45, 2.75) is 57.3 Å². The highest BCUT2D eigenvalue weighted by Crippen LogP contribution is 2.42. The Labute approximate surface area is 190 Å². The first kappa shape index (κ1) is 22.9. The number of carbonyl (C=O) groups excluding carboxylic acids is 1. The predicted molar refractivity (Wildman–Crippen MR) is 118 cm³/mol. The van der Waals surface area contributed by atoms with Gasteiger partial charge in [-0.1, -0.05) is 23.7 Å². The summed E-state index contributed by atoms with van der Waals surface area (Å²) in [5.41, 5.74) is 3.28. The number of nitrogens with zero attached hydrogens (tertiary/aromatic N) is 1. The van der Waals surface area contributed by atoms with Gasteiger partial charge in [-0.15, -0.1) is 0 Å². The van der Waals surface area contributed by atoms with Crippen LogP contribution in [0.1, 0.15) is 47.6 Å². The zero-order valence-corrected chi connectivity index (χ0v) is 18.3. The Kier molecular flexibility index (Phi) is 6.68. The van der Waals surface area contributed by atoms with E-state index in [9.17, 15) is 25.2 Å². The largest absolute Gasteiger partial charge is 0.379 e. The molecule has 2 aromatic carbocycles. The Balaban J connectivity index is 1.41. The molecule has 172 valence electrons. The first-order valence-corrected chi connectivity index (χ1v) is 10.8. The van der Waals surface area contributed by atoms with Gasteiger partial charge >= 0.3 is 6.03 Å². The van der Waals surface area contributed by atoms with E-state index in [0.717, 1.165) is 11.1 Å². The van der Waals surface area contributed by atoms with E-state index in [2.05, 4.69) is 16.0 Å². The maximum absolute atomic E-state index is 12.2. The van der Waals surface area contributed by atoms with Crippen LogP contribution in [0.15, 0.2) is 36.4 Å². The third-order valence-electron chi connectivity index (χ3n) is 5.99. The molecule has 2 aliphatic heterocycles. The summed E-state index contributed by atoms with van der Waals surface area (Å²) in [6.45, 7) is 2.07. The first-order valence-electron chi connectivity index (χ1n) is 10.4. The second-order valence-corrected chi connectivity index (χ2v) is 8.61. The number of carbonyl (C=O) groups is 1. The molecule has 2 heterocycles. The molecule has 0 aliphatic carbocycles. The van der Waals surface area contributed by atoms with Crippen LogP contribution in [0, 0.1) is 6.92 Å². The van der Waals surface area contributed by atoms with Crippen LogP contribution in [0.25, 0.3) is 0 Å². The predicted octanol–water partition coefficient (Wildman–Crippen LogP) is 1.66. The molecule has 5 unspecified atom stereocenters. The number of halogens is 1. The van der Waals surface area contributed by atoms with Crippen LogP contribution in [-0.4, -0.2) is 49.9 Å². The van der Waals surface area contributed by atoms with E-state index in [-0.39, 0.29) is 12.6 Å². The summed E-state index contributed by atoms with van der Waals surface area (Å²) in [6.07, 6.45) is -3.31. The molecule has 5 atom stereocenters. The molecule has 2 aromatic rings. The van der Waals surface area contributed by atoms with Crippen molar-refractivity contribution in [2.24, 2.45) is 0 Å². The van der Waals surface area contributed by atoms with E-state index < -0.39 is 31.0 Å². The molecule has 7 N–H and O–H groups in total. The zero-order chi connectivity index (χ0) is 23.0. The Morgan fingerprint density at radius 1 is 1.09 bits per heavy atom. The number of nitrogens with one attached hydrogen (secondary N) is 3. The molecule has 32 heavy (non-hydrogen) atoms. The van der Waals surface area contributed by atoms with Crippen molar-refractivity contribution < 1.29 is 25.2 Å². The van der Waals surface area contributed by atoms with Crippen LogP contribution in [0.2, 0.25) is 5.02 Å². The molecule has 1 saturated heterocycles. The fourth-order valence-electron chi connectivity index (χ4n) is 4.28. The Morgan fingerprint density at radius 2 is 1.84 bits per heavy atom. The molecular formula is C22H27ClN4O5. The fraction of sp³-hybridized carbons (Fsp3) is 0.409. The molecule has 0 spiro atoms. The number of amides is 2. The van der Waals surface area contributed by atoms with E-state index in [1.807, 2.05) is 6.92 Å². The van der Waals surface area contributed by atoms with Crippen molar-refractivity contribution in [1.29, 1.82) is 0 Å². The highest BCUT2D eigenvalue weighted by Gasteiger charge is 2.44. The van der Waals surface area contributed by atoms with Gasteiger partial charge < -0.3 is 31.1 Å². The lowest BCUT2D eigenvalue weighted by molar-refractivity contribution is -0.159. The standard InChI is InChI=1S/C22H27ClN4O5/c1-11-8-13(3-5-16(11)23)25-22(32)24-10-12-2-4-14-15(9-12)21(31)27(20(14)30)17-6-7-18(28)26-19(17)29/h2-5,8-9,17-21,26,28-31H,6-7,10H2,1H3,(H2,24,25,32). The molecule has 0 saturated carbocycles. The van der Waals surface area contributed by atoms with Gasteiger partial charge in [-0.2, -0.15) is 0 Å². The van der Waals surface area contributed by atoms with Gasteiger partial charge in [0, 0.05) is 28.4 Å². The highest BCUT2D eigenvalue weighted by atomic mass is 35.5. The number of hydrogen-bond donors (Lipinski definition) is 7. The smallest absolute Gasteiger partial charge is 0.319 e. The summed E-state index contributed by atoms with van der Waals surface area (Å²) in [5, 5.41) is 50.3. The summed E-state index contributed by atoms with van der Waals surface area (Å²) in [7, 11) is 0. The van der Waals surface area contributed by atoms with Crippen LogP contribution >= 0.6 is 11.6 Å². The molecule has 2 aliphatic rings. The van der Waals surface area contributed by atoms with Gasteiger partial charge in [0.05, 0.1) is 6.04 Å². The molecule has 9 nitrogen and oxygen atoms in total. The Morgan fingerprint density at radius 3 is 2.56 bits per heavy atom. The highest BCUT2D eigenvalue weighted by molar-refractivity contribution is 6.31. The number of hydrogen-bond acceptors (Lipinski definition) is 7. The van der Waals surface area contributed by atoms with Gasteiger partial charge in [-0.3, -0.25) is 5.32 Å². The van der Waals surface area contributed by atoms with Crippen LogP contribution in [0.3, 0.4) is 0 Å². The third-order valence-corrected chi connectivity index (χ3v) is 6.41. The van der Waals surface area contributed by atoms with E-state index in [0.29, 0.717) is 34.7 Å². The molecule has 0 bridgehead atoms. The van der Waals surface area contributed by atoms with Crippen molar-refractivity contribution in [3.8, 4) is 0 Å². The van der Waals surface area contributed by atoms with Crippen molar-refractivity contribution in [1.82, 2.24) is 15.5 Å². The van der Waals surface area contributed by atoms with E-state index in [4.69, 9.17) is 11.6 Å². The van der Waals surface area contributed by atoms with Gasteiger partial charge in [0.1, 0.15) is 24.9 Å². The van der Waals surface area contributed by atoms with Crippen molar-refractivity contribution in [2.75, 3.05) is 5.32 Å². The van der Waals surface area contributed by atoms with E-state index in [1.54, 1.807) is 36.4 Å². The maximum Gasteiger partial charge on any atom is 0.319 e. The fourth-order valence-corrected chi connectivity index (χ4v) is 4.40. The molecule has 10 heteroatoms. The topological polar surface area (TPSA) is 137 Å². The lowest BCUT2D eigenvalue weighted by Crippen LogP contribution is -2.57. The minimum Gasteiger partial charge on any atom is -0.379 e. The number of benzene rings is 2. The van der Waals surface area contributed by atoms with Gasteiger partial charge in [-0.25, -0.2) is 9.69 Å². The summed E-state index contributed by atoms with van der Waals surface area (Å²) >= 11 is 6.00. The number of anilines is 1. The average molecular weight is 463 g/mol. The van der Waals surface area contributed by atoms with Gasteiger partial charge in [-0.05, 0) is 55.2 Å². The summed E-state index contributed by atoms with van der Waals surface area (Å²) < 4.78 is 0. The SMILES string of the molecule is Cc1cc(NC(=O)NCc2ccc3c(c2)C(O)N(C2CCC(O)NC2O)C3O)ccc1Cl. The van der Waals surface area contributed by atoms with Crippen molar-refractivity contribution in [3.05, 3.63) is 63.7 Å². The van der Waals surface area contributed by atoms with Gasteiger partial charge in [0.2, 0.25) is 0 Å². The number of fused-ring (bicyclic) bond motifs is 1. The van der Waals surface area contributed by atoms with Crippen molar-refractivity contribution >= 4 is 23.3 Å². The summed E-state index contributed by atoms with van der Waals surface area (Å²) in [5.74, 6) is 0. The Bertz CT molecular complexity index is 1010.